The number of quaternary nitrogens is 1. The maximum Gasteiger partial charge on any atom is 0.0786 e. The van der Waals surface area contributed by atoms with Crippen molar-refractivity contribution in [1.29, 1.82) is 0 Å². The van der Waals surface area contributed by atoms with E-state index in [0.717, 1.165) is 12.8 Å². The Hall–Kier alpha value is -0.0800. The first-order valence-electron chi connectivity index (χ1n) is 10.1. The van der Waals surface area contributed by atoms with Crippen molar-refractivity contribution in [2.75, 3.05) is 32.8 Å². The Morgan fingerprint density at radius 1 is 0.500 bits per heavy atom. The summed E-state index contributed by atoms with van der Waals surface area (Å²) in [4.78, 5) is 0. The molecular weight excluding hydrogens is 270 g/mol. The number of unbranched alkanes of at least 4 members (excludes halogenated alkanes) is 5. The van der Waals surface area contributed by atoms with Gasteiger partial charge < -0.3 is 9.59 Å². The van der Waals surface area contributed by atoms with Crippen LogP contribution in [0, 0.1) is 0 Å². The molecule has 0 saturated heterocycles. The van der Waals surface area contributed by atoms with Crippen molar-refractivity contribution < 1.29 is 9.59 Å². The lowest BCUT2D eigenvalue weighted by molar-refractivity contribution is -0.929. The zero-order valence-corrected chi connectivity index (χ0v) is 16.5. The summed E-state index contributed by atoms with van der Waals surface area (Å²) < 4.78 is 1.42. The molecule has 0 heterocycles. The van der Waals surface area contributed by atoms with E-state index in [-0.39, 0.29) is 0 Å². The topological polar surface area (TPSA) is 20.2 Å². The maximum absolute atomic E-state index is 8.07. The van der Waals surface area contributed by atoms with Crippen LogP contribution in [0.4, 0.5) is 0 Å². The molecule has 2 nitrogen and oxygen atoms in total. The van der Waals surface area contributed by atoms with Crippen LogP contribution in [0.2, 0.25) is 0 Å². The largest absolute Gasteiger partial charge is 0.396 e. The molecule has 0 amide bonds. The molecule has 0 aromatic rings. The molecule has 0 atom stereocenters. The van der Waals surface area contributed by atoms with E-state index < -0.39 is 0 Å². The van der Waals surface area contributed by atoms with Crippen molar-refractivity contribution in [3.63, 3.8) is 0 Å². The highest BCUT2D eigenvalue weighted by molar-refractivity contribution is 4.49. The van der Waals surface area contributed by atoms with Crippen LogP contribution in [-0.4, -0.2) is 42.4 Å². The first-order valence-corrected chi connectivity index (χ1v) is 10.1. The highest BCUT2D eigenvalue weighted by atomic mass is 16.2. The van der Waals surface area contributed by atoms with Crippen molar-refractivity contribution >= 4 is 0 Å². The molecule has 22 heavy (non-hydrogen) atoms. The quantitative estimate of drug-likeness (QED) is 0.403. The SMILES string of the molecule is CCCCO.CCCC[N+](CCCC)(CCCC)CCCC. The number of hydrogen-bond acceptors (Lipinski definition) is 1. The van der Waals surface area contributed by atoms with Gasteiger partial charge in [0.05, 0.1) is 26.2 Å². The second kappa shape index (κ2) is 19.0. The molecular formula is C20H46NO+. The Balaban J connectivity index is 0. The van der Waals surface area contributed by atoms with Crippen molar-refractivity contribution in [3.05, 3.63) is 0 Å². The van der Waals surface area contributed by atoms with E-state index in [0.29, 0.717) is 6.61 Å². The Kier molecular flexibility index (Phi) is 20.8. The van der Waals surface area contributed by atoms with Crippen LogP contribution in [0.15, 0.2) is 0 Å². The number of hydrogen-bond donors (Lipinski definition) is 1. The molecule has 0 aromatic heterocycles. The first-order chi connectivity index (χ1) is 10.7. The highest BCUT2D eigenvalue weighted by Crippen LogP contribution is 2.16. The van der Waals surface area contributed by atoms with Gasteiger partial charge in [0.2, 0.25) is 0 Å². The monoisotopic (exact) mass is 316 g/mol. The minimum atomic E-state index is 0.344. The van der Waals surface area contributed by atoms with E-state index in [1.165, 1.54) is 82.0 Å². The Bertz CT molecular complexity index is 155. The maximum atomic E-state index is 8.07. The van der Waals surface area contributed by atoms with Gasteiger partial charge in [-0.2, -0.15) is 0 Å². The van der Waals surface area contributed by atoms with Crippen LogP contribution >= 0.6 is 0 Å². The molecule has 0 aromatic carbocycles. The lowest BCUT2D eigenvalue weighted by atomic mass is 10.1. The summed E-state index contributed by atoms with van der Waals surface area (Å²) in [7, 11) is 0. The normalized spacial score (nSPS) is 11.2. The van der Waals surface area contributed by atoms with Gasteiger partial charge in [-0.1, -0.05) is 66.7 Å². The third-order valence-corrected chi connectivity index (χ3v) is 4.46. The average Bonchev–Trinajstić information content (AvgIpc) is 2.55. The van der Waals surface area contributed by atoms with Crippen LogP contribution in [0.5, 0.6) is 0 Å². The van der Waals surface area contributed by atoms with Crippen LogP contribution in [-0.2, 0) is 0 Å². The molecule has 0 fully saturated rings. The summed E-state index contributed by atoms with van der Waals surface area (Å²) in [6, 6.07) is 0. The Morgan fingerprint density at radius 2 is 0.773 bits per heavy atom. The van der Waals surface area contributed by atoms with E-state index in [9.17, 15) is 0 Å². The number of rotatable bonds is 14. The van der Waals surface area contributed by atoms with E-state index >= 15 is 0 Å². The van der Waals surface area contributed by atoms with Crippen LogP contribution in [0.1, 0.15) is 98.8 Å². The number of nitrogens with zero attached hydrogens (tertiary/aromatic N) is 1. The molecule has 0 aliphatic rings. The van der Waals surface area contributed by atoms with Gasteiger partial charge in [0, 0.05) is 6.61 Å². The second-order valence-electron chi connectivity index (χ2n) is 6.73. The predicted molar refractivity (Wildman–Crippen MR) is 101 cm³/mol. The summed E-state index contributed by atoms with van der Waals surface area (Å²) in [6.07, 6.45) is 13.1. The molecule has 0 bridgehead atoms. The third-order valence-electron chi connectivity index (χ3n) is 4.46. The molecule has 136 valence electrons. The van der Waals surface area contributed by atoms with Crippen molar-refractivity contribution in [3.8, 4) is 0 Å². The molecule has 0 aliphatic carbocycles. The Labute approximate surface area is 141 Å². The van der Waals surface area contributed by atoms with Gasteiger partial charge in [0.1, 0.15) is 0 Å². The summed E-state index contributed by atoms with van der Waals surface area (Å²) in [5.74, 6) is 0. The molecule has 0 rings (SSSR count). The minimum Gasteiger partial charge on any atom is -0.396 e. The van der Waals surface area contributed by atoms with Crippen LogP contribution in [0.3, 0.4) is 0 Å². The lowest BCUT2D eigenvalue weighted by Crippen LogP contribution is -2.50. The molecule has 0 unspecified atom stereocenters. The summed E-state index contributed by atoms with van der Waals surface area (Å²) >= 11 is 0. The van der Waals surface area contributed by atoms with E-state index in [4.69, 9.17) is 5.11 Å². The van der Waals surface area contributed by atoms with E-state index in [1.807, 2.05) is 0 Å². The van der Waals surface area contributed by atoms with Crippen molar-refractivity contribution in [2.45, 2.75) is 98.8 Å². The second-order valence-corrected chi connectivity index (χ2v) is 6.73. The van der Waals surface area contributed by atoms with E-state index in [1.54, 1.807) is 0 Å². The molecule has 0 saturated carbocycles. The zero-order valence-electron chi connectivity index (χ0n) is 16.5. The van der Waals surface area contributed by atoms with Gasteiger partial charge in [-0.15, -0.1) is 0 Å². The lowest BCUT2D eigenvalue weighted by Gasteiger charge is -2.39. The van der Waals surface area contributed by atoms with Crippen molar-refractivity contribution in [2.24, 2.45) is 0 Å². The first kappa shape index (κ1) is 24.2. The van der Waals surface area contributed by atoms with Gasteiger partial charge in [-0.25, -0.2) is 0 Å². The molecule has 2 heteroatoms. The third kappa shape index (κ3) is 14.8. The summed E-state index contributed by atoms with van der Waals surface area (Å²) in [6.45, 7) is 17.4. The number of aliphatic hydroxyl groups excluding tert-OH is 1. The fourth-order valence-electron chi connectivity index (χ4n) is 2.80. The average molecular weight is 317 g/mol. The Morgan fingerprint density at radius 3 is 0.909 bits per heavy atom. The smallest absolute Gasteiger partial charge is 0.0786 e. The van der Waals surface area contributed by atoms with Gasteiger partial charge in [0.25, 0.3) is 0 Å². The zero-order chi connectivity index (χ0) is 17.1. The van der Waals surface area contributed by atoms with Crippen LogP contribution < -0.4 is 0 Å². The minimum absolute atomic E-state index is 0.344. The van der Waals surface area contributed by atoms with Gasteiger partial charge in [-0.05, 0) is 32.1 Å². The van der Waals surface area contributed by atoms with Gasteiger partial charge in [-0.3, -0.25) is 0 Å². The summed E-state index contributed by atoms with van der Waals surface area (Å²) in [5.41, 5.74) is 0. The number of aliphatic hydroxyl groups is 1. The highest BCUT2D eigenvalue weighted by Gasteiger charge is 2.24. The van der Waals surface area contributed by atoms with Crippen molar-refractivity contribution in [1.82, 2.24) is 0 Å². The van der Waals surface area contributed by atoms with E-state index in [2.05, 4.69) is 34.6 Å². The molecule has 1 N–H and O–H groups in total. The molecule has 0 aliphatic heterocycles. The van der Waals surface area contributed by atoms with Gasteiger partial charge >= 0.3 is 0 Å². The predicted octanol–water partition coefficient (Wildman–Crippen LogP) is 5.78. The summed E-state index contributed by atoms with van der Waals surface area (Å²) in [5, 5.41) is 8.07. The molecule has 0 spiro atoms. The standard InChI is InChI=1S/C16H36N.C4H10O/c1-5-9-13-17(14-10-6-2,15-11-7-3)16-12-8-4;1-2-3-4-5/h5-16H2,1-4H3;5H,2-4H2,1H3/q+1;. The van der Waals surface area contributed by atoms with Crippen LogP contribution in [0.25, 0.3) is 0 Å². The molecule has 0 radical (unpaired) electrons. The fraction of sp³-hybridized carbons (Fsp3) is 1.00. The fourth-order valence-corrected chi connectivity index (χ4v) is 2.80. The van der Waals surface area contributed by atoms with Gasteiger partial charge in [0.15, 0.2) is 0 Å².